The van der Waals surface area contributed by atoms with E-state index >= 15 is 0 Å². The second kappa shape index (κ2) is 7.31. The first-order valence-corrected chi connectivity index (χ1v) is 7.45. The second-order valence-corrected chi connectivity index (χ2v) is 5.09. The van der Waals surface area contributed by atoms with Crippen molar-refractivity contribution in [2.24, 2.45) is 5.10 Å². The van der Waals surface area contributed by atoms with Crippen LogP contribution in [0, 0.1) is 0 Å². The van der Waals surface area contributed by atoms with Gasteiger partial charge in [-0.1, -0.05) is 47.7 Å². The van der Waals surface area contributed by atoms with Gasteiger partial charge in [-0.15, -0.1) is 5.10 Å². The predicted octanol–water partition coefficient (Wildman–Crippen LogP) is 2.17. The van der Waals surface area contributed by atoms with E-state index in [1.165, 1.54) is 0 Å². The van der Waals surface area contributed by atoms with E-state index in [0.717, 1.165) is 16.6 Å². The van der Waals surface area contributed by atoms with Crippen LogP contribution in [0.5, 0.6) is 0 Å². The van der Waals surface area contributed by atoms with Crippen LogP contribution in [0.2, 0.25) is 0 Å². The van der Waals surface area contributed by atoms with Crippen molar-refractivity contribution in [1.82, 2.24) is 20.4 Å². The molecule has 0 fully saturated rings. The maximum absolute atomic E-state index is 11.8. The van der Waals surface area contributed by atoms with Crippen molar-refractivity contribution >= 4 is 23.2 Å². The molecule has 1 aromatic heterocycles. The number of carbonyl (C=O) groups excluding carboxylic acids is 1. The number of amides is 1. The Labute approximate surface area is 133 Å². The molecule has 0 aliphatic carbocycles. The van der Waals surface area contributed by atoms with Crippen LogP contribution in [-0.4, -0.2) is 27.1 Å². The van der Waals surface area contributed by atoms with Crippen molar-refractivity contribution in [1.29, 1.82) is 0 Å². The third-order valence-electron chi connectivity index (χ3n) is 3.42. The number of nitrogens with zero attached hydrogens (tertiary/aromatic N) is 4. The number of hydrogen-bond donors (Lipinski definition) is 1. The van der Waals surface area contributed by atoms with Crippen molar-refractivity contribution < 1.29 is 4.79 Å². The molecule has 0 saturated heterocycles. The lowest BCUT2D eigenvalue weighted by Crippen LogP contribution is -2.19. The SMILES string of the molecule is O=C(CCn1nnc2ccccc21)N/N=C/Cc1ccccc1. The lowest BCUT2D eigenvalue weighted by molar-refractivity contribution is -0.121. The fourth-order valence-corrected chi connectivity index (χ4v) is 2.23. The zero-order chi connectivity index (χ0) is 15.9. The molecule has 0 unspecified atom stereocenters. The van der Waals surface area contributed by atoms with Crippen molar-refractivity contribution in [2.75, 3.05) is 0 Å². The normalized spacial score (nSPS) is 11.1. The molecule has 2 aromatic carbocycles. The molecule has 0 saturated carbocycles. The van der Waals surface area contributed by atoms with E-state index in [-0.39, 0.29) is 5.91 Å². The Hall–Kier alpha value is -3.02. The van der Waals surface area contributed by atoms with E-state index in [1.54, 1.807) is 10.9 Å². The van der Waals surface area contributed by atoms with Gasteiger partial charge in [0.25, 0.3) is 0 Å². The van der Waals surface area contributed by atoms with Gasteiger partial charge in [-0.3, -0.25) is 4.79 Å². The lowest BCUT2D eigenvalue weighted by Gasteiger charge is -2.01. The summed E-state index contributed by atoms with van der Waals surface area (Å²) in [5.74, 6) is -0.145. The van der Waals surface area contributed by atoms with Gasteiger partial charge in [-0.05, 0) is 17.7 Å². The van der Waals surface area contributed by atoms with Gasteiger partial charge in [0.05, 0.1) is 12.1 Å². The quantitative estimate of drug-likeness (QED) is 0.560. The maximum Gasteiger partial charge on any atom is 0.241 e. The predicted molar refractivity (Wildman–Crippen MR) is 88.9 cm³/mol. The number of aromatic nitrogens is 3. The Morgan fingerprint density at radius 1 is 1.13 bits per heavy atom. The Bertz CT molecular complexity index is 810. The summed E-state index contributed by atoms with van der Waals surface area (Å²) in [5, 5.41) is 12.1. The summed E-state index contributed by atoms with van der Waals surface area (Å²) < 4.78 is 1.72. The summed E-state index contributed by atoms with van der Waals surface area (Å²) in [4.78, 5) is 11.8. The highest BCUT2D eigenvalue weighted by Gasteiger charge is 2.05. The first kappa shape index (κ1) is 14.9. The van der Waals surface area contributed by atoms with Crippen molar-refractivity contribution in [3.8, 4) is 0 Å². The number of rotatable bonds is 6. The maximum atomic E-state index is 11.8. The van der Waals surface area contributed by atoms with Crippen molar-refractivity contribution in [3.05, 3.63) is 60.2 Å². The largest absolute Gasteiger partial charge is 0.273 e. The van der Waals surface area contributed by atoms with Gasteiger partial charge in [-0.25, -0.2) is 10.1 Å². The zero-order valence-corrected chi connectivity index (χ0v) is 12.6. The highest BCUT2D eigenvalue weighted by molar-refractivity contribution is 5.77. The van der Waals surface area contributed by atoms with Crippen LogP contribution in [0.25, 0.3) is 11.0 Å². The van der Waals surface area contributed by atoms with Crippen molar-refractivity contribution in [3.63, 3.8) is 0 Å². The zero-order valence-electron chi connectivity index (χ0n) is 12.6. The van der Waals surface area contributed by atoms with Crippen LogP contribution in [0.15, 0.2) is 59.7 Å². The summed E-state index contributed by atoms with van der Waals surface area (Å²) in [7, 11) is 0. The minimum atomic E-state index is -0.145. The van der Waals surface area contributed by atoms with Gasteiger partial charge >= 0.3 is 0 Å². The smallest absolute Gasteiger partial charge is 0.241 e. The van der Waals surface area contributed by atoms with Gasteiger partial charge in [-0.2, -0.15) is 5.10 Å². The molecular formula is C17H17N5O. The van der Waals surface area contributed by atoms with E-state index in [4.69, 9.17) is 0 Å². The molecule has 1 amide bonds. The van der Waals surface area contributed by atoms with Crippen LogP contribution < -0.4 is 5.43 Å². The average Bonchev–Trinajstić information content (AvgIpc) is 3.01. The second-order valence-electron chi connectivity index (χ2n) is 5.09. The molecule has 6 nitrogen and oxygen atoms in total. The molecular weight excluding hydrogens is 290 g/mol. The average molecular weight is 307 g/mol. The molecule has 23 heavy (non-hydrogen) atoms. The summed E-state index contributed by atoms with van der Waals surface area (Å²) in [6, 6.07) is 17.6. The van der Waals surface area contributed by atoms with Crippen LogP contribution in [-0.2, 0) is 17.8 Å². The van der Waals surface area contributed by atoms with E-state index in [9.17, 15) is 4.79 Å². The van der Waals surface area contributed by atoms with E-state index < -0.39 is 0 Å². The van der Waals surface area contributed by atoms with Crippen LogP contribution >= 0.6 is 0 Å². The number of carbonyl (C=O) groups is 1. The number of aryl methyl sites for hydroxylation is 1. The monoisotopic (exact) mass is 307 g/mol. The summed E-state index contributed by atoms with van der Waals surface area (Å²) in [6.45, 7) is 0.473. The minimum absolute atomic E-state index is 0.145. The summed E-state index contributed by atoms with van der Waals surface area (Å²) in [5.41, 5.74) is 5.44. The molecule has 0 aliphatic rings. The molecule has 1 N–H and O–H groups in total. The molecule has 116 valence electrons. The number of hydrazone groups is 1. The first-order valence-electron chi connectivity index (χ1n) is 7.45. The number of benzene rings is 2. The molecule has 0 aliphatic heterocycles. The van der Waals surface area contributed by atoms with Gasteiger partial charge in [0.15, 0.2) is 0 Å². The van der Waals surface area contributed by atoms with Gasteiger partial charge in [0.1, 0.15) is 5.52 Å². The first-order chi connectivity index (χ1) is 11.3. The molecule has 6 heteroatoms. The molecule has 0 bridgehead atoms. The van der Waals surface area contributed by atoms with Gasteiger partial charge in [0.2, 0.25) is 5.91 Å². The standard InChI is InChI=1S/C17H17N5O/c23-17(20-18-12-10-14-6-2-1-3-7-14)11-13-22-16-9-5-4-8-15(16)19-21-22/h1-9,12H,10-11,13H2,(H,20,23)/b18-12+. The third-order valence-corrected chi connectivity index (χ3v) is 3.42. The topological polar surface area (TPSA) is 72.2 Å². The molecule has 0 spiro atoms. The van der Waals surface area contributed by atoms with Crippen LogP contribution in [0.3, 0.4) is 0 Å². The fourth-order valence-electron chi connectivity index (χ4n) is 2.23. The van der Waals surface area contributed by atoms with E-state index in [1.807, 2.05) is 54.6 Å². The number of para-hydroxylation sites is 1. The Morgan fingerprint density at radius 3 is 2.78 bits per heavy atom. The molecule has 0 atom stereocenters. The summed E-state index contributed by atoms with van der Waals surface area (Å²) in [6.07, 6.45) is 2.68. The van der Waals surface area contributed by atoms with Gasteiger partial charge < -0.3 is 0 Å². The number of fused-ring (bicyclic) bond motifs is 1. The molecule has 0 radical (unpaired) electrons. The van der Waals surface area contributed by atoms with Crippen molar-refractivity contribution in [2.45, 2.75) is 19.4 Å². The third kappa shape index (κ3) is 4.00. The van der Waals surface area contributed by atoms with Crippen LogP contribution in [0.1, 0.15) is 12.0 Å². The van der Waals surface area contributed by atoms with E-state index in [2.05, 4.69) is 20.8 Å². The van der Waals surface area contributed by atoms with E-state index in [0.29, 0.717) is 19.4 Å². The number of nitrogens with one attached hydrogen (secondary N) is 1. The number of hydrogen-bond acceptors (Lipinski definition) is 4. The Kier molecular flexibility index (Phi) is 4.73. The highest BCUT2D eigenvalue weighted by Crippen LogP contribution is 2.09. The summed E-state index contributed by atoms with van der Waals surface area (Å²) >= 11 is 0. The minimum Gasteiger partial charge on any atom is -0.273 e. The van der Waals surface area contributed by atoms with Gasteiger partial charge in [0, 0.05) is 19.1 Å². The molecule has 3 rings (SSSR count). The molecule has 3 aromatic rings. The lowest BCUT2D eigenvalue weighted by atomic mass is 10.2. The molecule has 1 heterocycles. The fraction of sp³-hybridized carbons (Fsp3) is 0.176. The van der Waals surface area contributed by atoms with Crippen LogP contribution in [0.4, 0.5) is 0 Å². The Morgan fingerprint density at radius 2 is 1.91 bits per heavy atom. The highest BCUT2D eigenvalue weighted by atomic mass is 16.2. The Balaban J connectivity index is 1.46.